The summed E-state index contributed by atoms with van der Waals surface area (Å²) in [6, 6.07) is 42.4. The fraction of sp³-hybridized carbons (Fsp3) is 0. The average molecular weight is 735 g/mol. The zero-order chi connectivity index (χ0) is 40.0. The maximum atomic E-state index is 6.77. The molecule has 0 aliphatic rings. The molecule has 7 aromatic carbocycles. The average Bonchev–Trinajstić information content (AvgIpc) is 3.77. The first kappa shape index (κ1) is 36.0. The summed E-state index contributed by atoms with van der Waals surface area (Å²) in [5.41, 5.74) is 20.8. The minimum absolute atomic E-state index is 0.599. The molecule has 3 aromatic heterocycles. The number of rotatable bonds is 5. The predicted molar refractivity (Wildman–Crippen MR) is 269 cm³/mol. The SMILES string of the molecule is Bc1cc(B)c(-n2c3c(B)cc(B)c(B)c3c3c(-c4cccc5oc6cc(-c7nc(-c8ccccc8)nc(-c8ccccc8)n7)ccc6c45)c(B)cc(B)c32)c(B)c1. The minimum atomic E-state index is 0.599. The Balaban J connectivity index is 1.24. The highest BCUT2D eigenvalue weighted by molar-refractivity contribution is 6.60. The van der Waals surface area contributed by atoms with E-state index in [1.807, 2.05) is 60.7 Å². The van der Waals surface area contributed by atoms with Gasteiger partial charge in [0.2, 0.25) is 0 Å². The molecule has 5 nitrogen and oxygen atoms in total. The molecule has 58 heavy (non-hydrogen) atoms. The lowest BCUT2D eigenvalue weighted by Gasteiger charge is -2.19. The maximum absolute atomic E-state index is 6.77. The number of hydrogen-bond acceptors (Lipinski definition) is 4. The fourth-order valence-corrected chi connectivity index (χ4v) is 9.50. The van der Waals surface area contributed by atoms with Crippen LogP contribution in [0.1, 0.15) is 0 Å². The summed E-state index contributed by atoms with van der Waals surface area (Å²) in [5, 5.41) is 4.77. The Hall–Kier alpha value is -6.33. The quantitative estimate of drug-likeness (QED) is 0.186. The summed E-state index contributed by atoms with van der Waals surface area (Å²) < 4.78 is 9.34. The monoisotopic (exact) mass is 736 g/mol. The van der Waals surface area contributed by atoms with Gasteiger partial charge in [-0.1, -0.05) is 147 Å². The van der Waals surface area contributed by atoms with E-state index in [9.17, 15) is 0 Å². The first-order valence-corrected chi connectivity index (χ1v) is 20.0. The van der Waals surface area contributed by atoms with Crippen LogP contribution in [0.3, 0.4) is 0 Å². The molecule has 3 heterocycles. The Labute approximate surface area is 345 Å². The van der Waals surface area contributed by atoms with E-state index in [-0.39, 0.29) is 0 Å². The van der Waals surface area contributed by atoms with Gasteiger partial charge in [-0.15, -0.1) is 0 Å². The predicted octanol–water partition coefficient (Wildman–Crippen LogP) is -2.40. The molecule has 13 heteroatoms. The molecule has 0 unspecified atom stereocenters. The first-order chi connectivity index (χ1) is 28.1. The molecule has 0 amide bonds. The molecule has 0 spiro atoms. The van der Waals surface area contributed by atoms with Crippen molar-refractivity contribution in [3.8, 4) is 51.0 Å². The third kappa shape index (κ3) is 5.62. The van der Waals surface area contributed by atoms with Crippen LogP contribution in [-0.4, -0.2) is 82.3 Å². The number of benzene rings is 7. The maximum Gasteiger partial charge on any atom is 0.164 e. The fourth-order valence-electron chi connectivity index (χ4n) is 9.50. The van der Waals surface area contributed by atoms with Crippen LogP contribution >= 0.6 is 0 Å². The zero-order valence-electron chi connectivity index (χ0n) is 34.2. The topological polar surface area (TPSA) is 56.7 Å². The highest BCUT2D eigenvalue weighted by Gasteiger charge is 2.26. The van der Waals surface area contributed by atoms with Crippen LogP contribution < -0.4 is 43.7 Å². The van der Waals surface area contributed by atoms with Gasteiger partial charge in [0.05, 0.1) is 0 Å². The minimum Gasteiger partial charge on any atom is -0.456 e. The van der Waals surface area contributed by atoms with Crippen molar-refractivity contribution < 1.29 is 4.42 Å². The molecular weight excluding hydrogens is 699 g/mol. The lowest BCUT2D eigenvalue weighted by Crippen LogP contribution is -2.33. The van der Waals surface area contributed by atoms with Crippen LogP contribution in [0.25, 0.3) is 94.7 Å². The molecule has 0 bridgehead atoms. The van der Waals surface area contributed by atoms with Crippen LogP contribution in [0, 0.1) is 0 Å². The summed E-state index contributed by atoms with van der Waals surface area (Å²) in [6.45, 7) is 0. The molecule has 0 saturated carbocycles. The molecule has 266 valence electrons. The first-order valence-electron chi connectivity index (χ1n) is 20.0. The number of aromatic nitrogens is 4. The van der Waals surface area contributed by atoms with Crippen molar-refractivity contribution in [2.24, 2.45) is 0 Å². The van der Waals surface area contributed by atoms with Crippen LogP contribution in [0.2, 0.25) is 0 Å². The molecule has 10 rings (SSSR count). The molecule has 0 fully saturated rings. The Morgan fingerprint density at radius 3 is 1.62 bits per heavy atom. The highest BCUT2D eigenvalue weighted by atomic mass is 16.3. The van der Waals surface area contributed by atoms with Gasteiger partial charge in [-0.2, -0.15) is 0 Å². The van der Waals surface area contributed by atoms with Gasteiger partial charge >= 0.3 is 0 Å². The zero-order valence-corrected chi connectivity index (χ0v) is 34.2. The largest absolute Gasteiger partial charge is 0.456 e. The Kier molecular flexibility index (Phi) is 8.49. The highest BCUT2D eigenvalue weighted by Crippen LogP contribution is 2.42. The summed E-state index contributed by atoms with van der Waals surface area (Å²) in [7, 11) is 18.0. The molecular formula is C45H36B8N4O. The number of hydrogen-bond donors (Lipinski definition) is 0. The molecule has 10 aromatic rings. The van der Waals surface area contributed by atoms with Gasteiger partial charge in [0.15, 0.2) is 17.5 Å². The second kappa shape index (κ2) is 13.7. The van der Waals surface area contributed by atoms with Crippen LogP contribution in [-0.2, 0) is 0 Å². The summed E-state index contributed by atoms with van der Waals surface area (Å²) >= 11 is 0. The van der Waals surface area contributed by atoms with Crippen LogP contribution in [0.4, 0.5) is 0 Å². The molecule has 0 atom stereocenters. The summed E-state index contributed by atoms with van der Waals surface area (Å²) in [4.78, 5) is 14.9. The van der Waals surface area contributed by atoms with Crippen LogP contribution in [0.15, 0.2) is 126 Å². The van der Waals surface area contributed by atoms with Gasteiger partial charge in [0, 0.05) is 55.0 Å². The van der Waals surface area contributed by atoms with E-state index in [1.165, 1.54) is 82.3 Å². The third-order valence-corrected chi connectivity index (χ3v) is 12.0. The smallest absolute Gasteiger partial charge is 0.164 e. The van der Waals surface area contributed by atoms with E-state index in [1.54, 1.807) is 0 Å². The van der Waals surface area contributed by atoms with Crippen molar-refractivity contribution in [1.82, 2.24) is 19.5 Å². The van der Waals surface area contributed by atoms with Gasteiger partial charge in [-0.25, -0.2) is 15.0 Å². The third-order valence-electron chi connectivity index (χ3n) is 12.0. The second-order valence-electron chi connectivity index (χ2n) is 16.1. The summed E-state index contributed by atoms with van der Waals surface area (Å²) in [5.74, 6) is 1.86. The second-order valence-corrected chi connectivity index (χ2v) is 16.1. The Morgan fingerprint density at radius 1 is 0.431 bits per heavy atom. The van der Waals surface area contributed by atoms with E-state index in [0.717, 1.165) is 38.6 Å². The number of furan rings is 1. The lowest BCUT2D eigenvalue weighted by atomic mass is 9.72. The Morgan fingerprint density at radius 2 is 1.00 bits per heavy atom. The molecule has 0 saturated heterocycles. The van der Waals surface area contributed by atoms with Gasteiger partial charge in [0.1, 0.15) is 73.9 Å². The normalized spacial score (nSPS) is 11.7. The van der Waals surface area contributed by atoms with Crippen molar-refractivity contribution in [2.45, 2.75) is 0 Å². The van der Waals surface area contributed by atoms with Gasteiger partial charge in [0.25, 0.3) is 0 Å². The van der Waals surface area contributed by atoms with E-state index in [4.69, 9.17) is 19.4 Å². The van der Waals surface area contributed by atoms with E-state index >= 15 is 0 Å². The van der Waals surface area contributed by atoms with E-state index in [0.29, 0.717) is 17.5 Å². The van der Waals surface area contributed by atoms with Crippen molar-refractivity contribution in [3.05, 3.63) is 121 Å². The molecule has 0 N–H and O–H groups in total. The van der Waals surface area contributed by atoms with Crippen molar-refractivity contribution >= 4 is 150 Å². The van der Waals surface area contributed by atoms with Gasteiger partial charge in [-0.05, 0) is 29.3 Å². The summed E-state index contributed by atoms with van der Waals surface area (Å²) in [6.07, 6.45) is 0. The Bertz CT molecular complexity index is 3250. The van der Waals surface area contributed by atoms with Crippen molar-refractivity contribution in [1.29, 1.82) is 0 Å². The molecule has 0 radical (unpaired) electrons. The van der Waals surface area contributed by atoms with Gasteiger partial charge < -0.3 is 8.98 Å². The lowest BCUT2D eigenvalue weighted by molar-refractivity contribution is 0.669. The molecule has 0 aliphatic carbocycles. The van der Waals surface area contributed by atoms with E-state index in [2.05, 4.69) is 128 Å². The van der Waals surface area contributed by atoms with Gasteiger partial charge in [-0.3, -0.25) is 0 Å². The number of nitrogens with zero attached hydrogens (tertiary/aromatic N) is 4. The van der Waals surface area contributed by atoms with Crippen molar-refractivity contribution in [2.75, 3.05) is 0 Å². The standard InChI is InChI=1S/C45H36B8N4O/c46-24-17-29(49)40(30(50)18-24)57-41-31(51)19-27(47)36(37(41)38-39(53)28(48)20-32(52)42(38)57)26-12-7-13-33-35(26)25-15-14-23(16-34(25)58-33)45-55-43(21-8-3-1-4-9-21)54-44(56-45)22-10-5-2-6-11-22/h1-20H,46-53H2. The van der Waals surface area contributed by atoms with Crippen LogP contribution in [0.5, 0.6) is 0 Å². The number of fused-ring (bicyclic) bond motifs is 6. The van der Waals surface area contributed by atoms with E-state index < -0.39 is 0 Å². The molecule has 0 aliphatic heterocycles. The van der Waals surface area contributed by atoms with Crippen molar-refractivity contribution in [3.63, 3.8) is 0 Å².